The molecule has 0 aliphatic carbocycles. The van der Waals surface area contributed by atoms with Crippen LogP contribution in [0.15, 0.2) is 24.3 Å². The normalized spacial score (nSPS) is 10.2. The van der Waals surface area contributed by atoms with E-state index >= 15 is 0 Å². The average Bonchev–Trinajstić information content (AvgIpc) is 2.49. The van der Waals surface area contributed by atoms with Crippen molar-refractivity contribution in [2.45, 2.75) is 6.42 Å². The van der Waals surface area contributed by atoms with Gasteiger partial charge in [0.1, 0.15) is 5.75 Å². The second-order valence-corrected chi connectivity index (χ2v) is 3.81. The van der Waals surface area contributed by atoms with Gasteiger partial charge in [0.05, 0.1) is 14.2 Å². The molecule has 1 heterocycles. The van der Waals surface area contributed by atoms with Crippen molar-refractivity contribution in [3.05, 3.63) is 29.8 Å². The molecule has 2 rings (SSSR count). The zero-order valence-electron chi connectivity index (χ0n) is 11.2. The number of aromatic nitrogens is 3. The van der Waals surface area contributed by atoms with E-state index in [0.717, 1.165) is 5.56 Å². The van der Waals surface area contributed by atoms with Gasteiger partial charge in [0.25, 0.3) is 0 Å². The number of hydrogen-bond donors (Lipinski definition) is 1. The van der Waals surface area contributed by atoms with Crippen LogP contribution < -0.4 is 14.2 Å². The van der Waals surface area contributed by atoms with Crippen LogP contribution in [-0.2, 0) is 6.42 Å². The van der Waals surface area contributed by atoms with E-state index in [2.05, 4.69) is 15.0 Å². The number of ether oxygens (including phenoxy) is 3. The van der Waals surface area contributed by atoms with Gasteiger partial charge in [-0.1, -0.05) is 12.1 Å². The van der Waals surface area contributed by atoms with Crippen LogP contribution in [0.4, 0.5) is 0 Å². The molecule has 0 amide bonds. The van der Waals surface area contributed by atoms with Gasteiger partial charge in [0, 0.05) is 6.61 Å². The van der Waals surface area contributed by atoms with Crippen LogP contribution in [-0.4, -0.2) is 40.9 Å². The van der Waals surface area contributed by atoms with E-state index in [1.807, 2.05) is 12.1 Å². The monoisotopic (exact) mass is 277 g/mol. The fourth-order valence-corrected chi connectivity index (χ4v) is 1.51. The molecule has 0 saturated carbocycles. The average molecular weight is 277 g/mol. The summed E-state index contributed by atoms with van der Waals surface area (Å²) in [5.41, 5.74) is 1.02. The van der Waals surface area contributed by atoms with E-state index in [9.17, 15) is 0 Å². The molecule has 0 bridgehead atoms. The van der Waals surface area contributed by atoms with Crippen molar-refractivity contribution < 1.29 is 19.3 Å². The van der Waals surface area contributed by atoms with E-state index in [1.165, 1.54) is 14.2 Å². The summed E-state index contributed by atoms with van der Waals surface area (Å²) in [5.74, 6) is 0.571. The highest BCUT2D eigenvalue weighted by molar-refractivity contribution is 5.29. The minimum absolute atomic E-state index is 0.0867. The summed E-state index contributed by atoms with van der Waals surface area (Å²) in [7, 11) is 2.89. The second kappa shape index (κ2) is 6.67. The Morgan fingerprint density at radius 2 is 1.45 bits per heavy atom. The van der Waals surface area contributed by atoms with Gasteiger partial charge in [-0.25, -0.2) is 0 Å². The first-order chi connectivity index (χ1) is 9.75. The maximum absolute atomic E-state index is 8.85. The van der Waals surface area contributed by atoms with Gasteiger partial charge in [-0.05, 0) is 24.1 Å². The Morgan fingerprint density at radius 3 is 1.95 bits per heavy atom. The number of methoxy groups -OCH3 is 2. The molecule has 0 unspecified atom stereocenters. The Kier molecular flexibility index (Phi) is 4.67. The molecule has 0 radical (unpaired) electrons. The van der Waals surface area contributed by atoms with Crippen LogP contribution in [0, 0.1) is 0 Å². The van der Waals surface area contributed by atoms with Gasteiger partial charge < -0.3 is 19.3 Å². The topological polar surface area (TPSA) is 86.6 Å². The van der Waals surface area contributed by atoms with Crippen LogP contribution >= 0.6 is 0 Å². The Morgan fingerprint density at radius 1 is 0.900 bits per heavy atom. The number of hydrogen-bond acceptors (Lipinski definition) is 7. The molecule has 0 spiro atoms. The first-order valence-corrected chi connectivity index (χ1v) is 5.97. The van der Waals surface area contributed by atoms with Gasteiger partial charge >= 0.3 is 18.0 Å². The lowest BCUT2D eigenvalue weighted by Gasteiger charge is -2.07. The van der Waals surface area contributed by atoms with Gasteiger partial charge in [-0.15, -0.1) is 15.0 Å². The third-order valence-electron chi connectivity index (χ3n) is 2.47. The molecule has 0 aliphatic rings. The highest BCUT2D eigenvalue weighted by Crippen LogP contribution is 2.21. The standard InChI is InChI=1S/C13H15N3O4/c1-18-11-14-12(19-2)16-13(15-11)20-10-5-3-9(4-6-10)7-8-17/h3-6,17H,7-8H2,1-2H3. The lowest BCUT2D eigenvalue weighted by atomic mass is 10.1. The Labute approximate surface area is 116 Å². The van der Waals surface area contributed by atoms with E-state index in [4.69, 9.17) is 19.3 Å². The van der Waals surface area contributed by atoms with Crippen molar-refractivity contribution in [2.24, 2.45) is 0 Å². The molecule has 7 heteroatoms. The summed E-state index contributed by atoms with van der Waals surface area (Å²) in [5, 5.41) is 8.85. The van der Waals surface area contributed by atoms with Crippen molar-refractivity contribution in [3.63, 3.8) is 0 Å². The van der Waals surface area contributed by atoms with Crippen molar-refractivity contribution in [1.29, 1.82) is 0 Å². The fraction of sp³-hybridized carbons (Fsp3) is 0.308. The molecule has 1 N–H and O–H groups in total. The second-order valence-electron chi connectivity index (χ2n) is 3.81. The molecule has 2 aromatic rings. The Balaban J connectivity index is 2.16. The van der Waals surface area contributed by atoms with Gasteiger partial charge in [0.15, 0.2) is 0 Å². The zero-order valence-corrected chi connectivity index (χ0v) is 11.2. The maximum Gasteiger partial charge on any atom is 0.331 e. The summed E-state index contributed by atoms with van der Waals surface area (Å²) in [6.45, 7) is 0.113. The maximum atomic E-state index is 8.85. The summed E-state index contributed by atoms with van der Waals surface area (Å²) in [6.07, 6.45) is 0.605. The molecule has 0 aliphatic heterocycles. The summed E-state index contributed by atoms with van der Waals surface area (Å²) in [6, 6.07) is 7.58. The zero-order chi connectivity index (χ0) is 14.4. The Hall–Kier alpha value is -2.41. The molecule has 1 aromatic heterocycles. The summed E-state index contributed by atoms with van der Waals surface area (Å²) in [4.78, 5) is 11.8. The Bertz CT molecular complexity index is 538. The number of nitrogens with zero attached hydrogens (tertiary/aromatic N) is 3. The SMILES string of the molecule is COc1nc(OC)nc(Oc2ccc(CCO)cc2)n1. The van der Waals surface area contributed by atoms with Gasteiger partial charge in [-0.2, -0.15) is 0 Å². The lowest BCUT2D eigenvalue weighted by molar-refractivity contribution is 0.299. The largest absolute Gasteiger partial charge is 0.467 e. The highest BCUT2D eigenvalue weighted by Gasteiger charge is 2.09. The van der Waals surface area contributed by atoms with Crippen molar-refractivity contribution in [1.82, 2.24) is 15.0 Å². The molecule has 20 heavy (non-hydrogen) atoms. The molecule has 1 aromatic carbocycles. The summed E-state index contributed by atoms with van der Waals surface area (Å²) < 4.78 is 15.4. The fourth-order valence-electron chi connectivity index (χ4n) is 1.51. The van der Waals surface area contributed by atoms with E-state index in [-0.39, 0.29) is 24.6 Å². The predicted molar refractivity (Wildman–Crippen MR) is 70.2 cm³/mol. The van der Waals surface area contributed by atoms with E-state index in [0.29, 0.717) is 12.2 Å². The van der Waals surface area contributed by atoms with Crippen LogP contribution in [0.1, 0.15) is 5.56 Å². The third kappa shape index (κ3) is 3.55. The molecule has 7 nitrogen and oxygen atoms in total. The molecule has 0 fully saturated rings. The predicted octanol–water partition coefficient (Wildman–Crippen LogP) is 1.22. The number of aliphatic hydroxyl groups is 1. The molecule has 0 saturated heterocycles. The van der Waals surface area contributed by atoms with Crippen molar-refractivity contribution >= 4 is 0 Å². The lowest BCUT2D eigenvalue weighted by Crippen LogP contribution is -2.01. The smallest absolute Gasteiger partial charge is 0.331 e. The molecule has 0 atom stereocenters. The minimum atomic E-state index is 0.0867. The van der Waals surface area contributed by atoms with Crippen LogP contribution in [0.25, 0.3) is 0 Å². The van der Waals surface area contributed by atoms with Crippen molar-refractivity contribution in [2.75, 3.05) is 20.8 Å². The first kappa shape index (κ1) is 14.0. The minimum Gasteiger partial charge on any atom is -0.467 e. The molecular formula is C13H15N3O4. The number of rotatable bonds is 6. The van der Waals surface area contributed by atoms with Crippen LogP contribution in [0.3, 0.4) is 0 Å². The third-order valence-corrected chi connectivity index (χ3v) is 2.47. The highest BCUT2D eigenvalue weighted by atomic mass is 16.5. The van der Waals surface area contributed by atoms with Crippen LogP contribution in [0.5, 0.6) is 23.8 Å². The van der Waals surface area contributed by atoms with Crippen molar-refractivity contribution in [3.8, 4) is 23.8 Å². The van der Waals surface area contributed by atoms with E-state index < -0.39 is 0 Å². The first-order valence-electron chi connectivity index (χ1n) is 5.97. The summed E-state index contributed by atoms with van der Waals surface area (Å²) >= 11 is 0. The molecular weight excluding hydrogens is 262 g/mol. The molecule has 106 valence electrons. The van der Waals surface area contributed by atoms with Gasteiger partial charge in [0.2, 0.25) is 0 Å². The van der Waals surface area contributed by atoms with E-state index in [1.54, 1.807) is 12.1 Å². The quantitative estimate of drug-likeness (QED) is 0.849. The van der Waals surface area contributed by atoms with Crippen LogP contribution in [0.2, 0.25) is 0 Å². The van der Waals surface area contributed by atoms with Gasteiger partial charge in [-0.3, -0.25) is 0 Å². The number of benzene rings is 1. The number of aliphatic hydroxyl groups excluding tert-OH is 1.